The summed E-state index contributed by atoms with van der Waals surface area (Å²) in [5.74, 6) is 0.695. The highest BCUT2D eigenvalue weighted by Gasteiger charge is 2.21. The van der Waals surface area contributed by atoms with Crippen LogP contribution >= 0.6 is 0 Å². The van der Waals surface area contributed by atoms with E-state index in [2.05, 4.69) is 13.0 Å². The molecule has 0 bridgehead atoms. The lowest BCUT2D eigenvalue weighted by atomic mass is 9.85. The smallest absolute Gasteiger partial charge is 0.127 e. The molecule has 0 atom stereocenters. The maximum absolute atomic E-state index is 10.7. The third-order valence-electron chi connectivity index (χ3n) is 5.22. The summed E-state index contributed by atoms with van der Waals surface area (Å²) in [5, 5.41) is 22.7. The molecule has 0 saturated heterocycles. The van der Waals surface area contributed by atoms with Gasteiger partial charge in [-0.15, -0.1) is 0 Å². The molecule has 128 valence electrons. The monoisotopic (exact) mass is 324 g/mol. The highest BCUT2D eigenvalue weighted by molar-refractivity contribution is 5.95. The van der Waals surface area contributed by atoms with Gasteiger partial charge in [0.2, 0.25) is 0 Å². The number of fused-ring (bicyclic) bond motifs is 2. The zero-order valence-electron chi connectivity index (χ0n) is 14.6. The van der Waals surface area contributed by atoms with Gasteiger partial charge in [0.25, 0.3) is 0 Å². The summed E-state index contributed by atoms with van der Waals surface area (Å²) in [6, 6.07) is 7.57. The number of benzene rings is 2. The van der Waals surface area contributed by atoms with Crippen LogP contribution in [0, 0.1) is 0 Å². The van der Waals surface area contributed by atoms with Gasteiger partial charge in [0.05, 0.1) is 0 Å². The van der Waals surface area contributed by atoms with Crippen LogP contribution in [0.5, 0.6) is 11.5 Å². The second kappa shape index (κ2) is 7.74. The van der Waals surface area contributed by atoms with Crippen molar-refractivity contribution in [2.75, 3.05) is 0 Å². The van der Waals surface area contributed by atoms with Crippen molar-refractivity contribution in [1.82, 2.24) is 0 Å². The van der Waals surface area contributed by atoms with E-state index in [1.807, 2.05) is 24.3 Å². The minimum absolute atomic E-state index is 0.341. The Morgan fingerprint density at radius 2 is 1.46 bits per heavy atom. The zero-order chi connectivity index (χ0) is 16.9. The van der Waals surface area contributed by atoms with E-state index < -0.39 is 0 Å². The van der Waals surface area contributed by atoms with E-state index in [4.69, 9.17) is 0 Å². The summed E-state index contributed by atoms with van der Waals surface area (Å²) in [6.07, 6.45) is 12.7. The maximum Gasteiger partial charge on any atom is 0.127 e. The van der Waals surface area contributed by atoms with Crippen LogP contribution in [0.4, 0.5) is 0 Å². The van der Waals surface area contributed by atoms with Crippen molar-refractivity contribution in [3.8, 4) is 11.5 Å². The highest BCUT2D eigenvalue weighted by Crippen LogP contribution is 2.43. The lowest BCUT2D eigenvalue weighted by Gasteiger charge is -2.21. The molecule has 1 aliphatic rings. The number of phenolic OH excluding ortho intramolecular Hbond substituents is 2. The lowest BCUT2D eigenvalue weighted by molar-refractivity contribution is 0.458. The number of unbranched alkanes of at least 4 members (excludes halogenated alkanes) is 5. The second-order valence-electron chi connectivity index (χ2n) is 6.96. The van der Waals surface area contributed by atoms with Gasteiger partial charge in [-0.3, -0.25) is 0 Å². The minimum Gasteiger partial charge on any atom is -0.507 e. The Morgan fingerprint density at radius 1 is 0.833 bits per heavy atom. The zero-order valence-corrected chi connectivity index (χ0v) is 14.6. The topological polar surface area (TPSA) is 40.5 Å². The van der Waals surface area contributed by atoms with Crippen LogP contribution in [0.2, 0.25) is 0 Å². The summed E-state index contributed by atoms with van der Waals surface area (Å²) >= 11 is 0. The molecule has 0 heterocycles. The first-order valence-electron chi connectivity index (χ1n) is 9.34. The number of aromatic hydroxyl groups is 2. The lowest BCUT2D eigenvalue weighted by Crippen LogP contribution is -2.05. The fourth-order valence-corrected chi connectivity index (χ4v) is 3.79. The summed E-state index contributed by atoms with van der Waals surface area (Å²) < 4.78 is 0. The van der Waals surface area contributed by atoms with E-state index in [0.717, 1.165) is 41.2 Å². The van der Waals surface area contributed by atoms with E-state index in [1.165, 1.54) is 44.1 Å². The van der Waals surface area contributed by atoms with Crippen molar-refractivity contribution in [3.05, 3.63) is 47.0 Å². The SMILES string of the molecule is CCCCCCCCC1=CCc2c(c(O)c3ccccc3c2O)C1. The molecular formula is C22H28O2. The normalized spacial score (nSPS) is 13.8. The van der Waals surface area contributed by atoms with Gasteiger partial charge in [0.15, 0.2) is 0 Å². The Bertz CT molecular complexity index is 743. The first kappa shape index (κ1) is 16.9. The van der Waals surface area contributed by atoms with E-state index in [0.29, 0.717) is 11.5 Å². The van der Waals surface area contributed by atoms with Crippen LogP contribution in [0.1, 0.15) is 63.0 Å². The summed E-state index contributed by atoms with van der Waals surface area (Å²) in [6.45, 7) is 2.25. The molecule has 1 aliphatic carbocycles. The van der Waals surface area contributed by atoms with Gasteiger partial charge >= 0.3 is 0 Å². The van der Waals surface area contributed by atoms with Crippen molar-refractivity contribution in [3.63, 3.8) is 0 Å². The quantitative estimate of drug-likeness (QED) is 0.371. The molecule has 2 heteroatoms. The third-order valence-corrected chi connectivity index (χ3v) is 5.22. The van der Waals surface area contributed by atoms with Crippen molar-refractivity contribution >= 4 is 10.8 Å². The van der Waals surface area contributed by atoms with E-state index in [-0.39, 0.29) is 0 Å². The summed E-state index contributed by atoms with van der Waals surface area (Å²) in [4.78, 5) is 0. The Balaban J connectivity index is 1.70. The molecule has 2 aromatic carbocycles. The van der Waals surface area contributed by atoms with E-state index >= 15 is 0 Å². The van der Waals surface area contributed by atoms with Gasteiger partial charge < -0.3 is 10.2 Å². The molecule has 0 saturated carbocycles. The van der Waals surface area contributed by atoms with Gasteiger partial charge in [-0.2, -0.15) is 0 Å². The van der Waals surface area contributed by atoms with Gasteiger partial charge in [-0.1, -0.05) is 74.9 Å². The number of hydrogen-bond acceptors (Lipinski definition) is 2. The number of allylic oxidation sites excluding steroid dienone is 2. The molecule has 2 N–H and O–H groups in total. The summed E-state index contributed by atoms with van der Waals surface area (Å²) in [5.41, 5.74) is 3.23. The molecule has 0 spiro atoms. The molecule has 2 aromatic rings. The van der Waals surface area contributed by atoms with Crippen LogP contribution in [0.25, 0.3) is 10.8 Å². The van der Waals surface area contributed by atoms with Gasteiger partial charge in [0.1, 0.15) is 11.5 Å². The molecule has 0 radical (unpaired) electrons. The summed E-state index contributed by atoms with van der Waals surface area (Å²) in [7, 11) is 0. The molecule has 0 aliphatic heterocycles. The van der Waals surface area contributed by atoms with Crippen LogP contribution < -0.4 is 0 Å². The van der Waals surface area contributed by atoms with Crippen molar-refractivity contribution in [2.45, 2.75) is 64.7 Å². The molecule has 24 heavy (non-hydrogen) atoms. The van der Waals surface area contributed by atoms with Gasteiger partial charge in [-0.25, -0.2) is 0 Å². The molecule has 0 fully saturated rings. The Hall–Kier alpha value is -1.96. The first-order valence-corrected chi connectivity index (χ1v) is 9.34. The molecule has 0 amide bonds. The van der Waals surface area contributed by atoms with Crippen molar-refractivity contribution < 1.29 is 10.2 Å². The fraction of sp³-hybridized carbons (Fsp3) is 0.455. The van der Waals surface area contributed by atoms with Crippen molar-refractivity contribution in [2.24, 2.45) is 0 Å². The van der Waals surface area contributed by atoms with Gasteiger partial charge in [0, 0.05) is 21.9 Å². The molecule has 3 rings (SSSR count). The average molecular weight is 324 g/mol. The van der Waals surface area contributed by atoms with Crippen LogP contribution in [0.3, 0.4) is 0 Å². The Morgan fingerprint density at radius 3 is 2.17 bits per heavy atom. The molecule has 2 nitrogen and oxygen atoms in total. The number of hydrogen-bond donors (Lipinski definition) is 2. The van der Waals surface area contributed by atoms with Crippen LogP contribution in [0.15, 0.2) is 35.9 Å². The number of phenols is 2. The van der Waals surface area contributed by atoms with Crippen LogP contribution in [-0.2, 0) is 12.8 Å². The molecule has 0 aromatic heterocycles. The molecule has 0 unspecified atom stereocenters. The Kier molecular flexibility index (Phi) is 5.44. The predicted octanol–water partition coefficient (Wildman–Crippen LogP) is 6.03. The number of rotatable bonds is 7. The van der Waals surface area contributed by atoms with E-state index in [9.17, 15) is 10.2 Å². The van der Waals surface area contributed by atoms with Crippen LogP contribution in [-0.4, -0.2) is 10.2 Å². The minimum atomic E-state index is 0.341. The van der Waals surface area contributed by atoms with Crippen molar-refractivity contribution in [1.29, 1.82) is 0 Å². The maximum atomic E-state index is 10.7. The first-order chi connectivity index (χ1) is 11.7. The largest absolute Gasteiger partial charge is 0.507 e. The standard InChI is InChI=1S/C22H28O2/c1-2-3-4-5-6-7-10-16-13-14-19-20(15-16)22(24)18-12-9-8-11-17(18)21(19)23/h8-9,11-13,23-24H,2-7,10,14-15H2,1H3. The average Bonchev–Trinajstić information content (AvgIpc) is 2.62. The second-order valence-corrected chi connectivity index (χ2v) is 6.96. The van der Waals surface area contributed by atoms with E-state index in [1.54, 1.807) is 0 Å². The van der Waals surface area contributed by atoms with Gasteiger partial charge in [-0.05, 0) is 25.7 Å². The predicted molar refractivity (Wildman–Crippen MR) is 101 cm³/mol. The third kappa shape index (κ3) is 3.43. The fourth-order valence-electron chi connectivity index (χ4n) is 3.79. The highest BCUT2D eigenvalue weighted by atomic mass is 16.3. The Labute approximate surface area is 144 Å². The molecular weight excluding hydrogens is 296 g/mol.